The molecule has 8 heteroatoms. The van der Waals surface area contributed by atoms with Crippen LogP contribution in [0, 0.1) is 12.7 Å². The number of thioether (sulfide) groups is 1. The van der Waals surface area contributed by atoms with Gasteiger partial charge in [0.05, 0.1) is 5.69 Å². The molecule has 5 nitrogen and oxygen atoms in total. The number of para-hydroxylation sites is 1. The summed E-state index contributed by atoms with van der Waals surface area (Å²) in [6.45, 7) is 1.87. The summed E-state index contributed by atoms with van der Waals surface area (Å²) in [5, 5.41) is 3.26. The lowest BCUT2D eigenvalue weighted by Gasteiger charge is -2.12. The molecule has 1 heterocycles. The zero-order valence-corrected chi connectivity index (χ0v) is 20.4. The number of anilines is 1. The third kappa shape index (κ3) is 6.53. The molecule has 0 saturated carbocycles. The zero-order chi connectivity index (χ0) is 23.1. The molecule has 1 N–H and O–H groups in total. The maximum atomic E-state index is 13.6. The van der Waals surface area contributed by atoms with Crippen molar-refractivity contribution in [2.45, 2.75) is 37.8 Å². The van der Waals surface area contributed by atoms with Crippen molar-refractivity contribution in [3.8, 4) is 0 Å². The van der Waals surface area contributed by atoms with E-state index in [9.17, 15) is 14.0 Å². The molecule has 3 aromatic rings. The van der Waals surface area contributed by atoms with E-state index in [0.717, 1.165) is 27.9 Å². The molecule has 0 aliphatic rings. The molecular formula is C24H25BrFN3O2S. The third-order valence-corrected chi connectivity index (χ3v) is 6.67. The van der Waals surface area contributed by atoms with Gasteiger partial charge in [-0.15, -0.1) is 0 Å². The molecular weight excluding hydrogens is 493 g/mol. The highest BCUT2D eigenvalue weighted by Gasteiger charge is 2.13. The molecule has 0 saturated heterocycles. The quantitative estimate of drug-likeness (QED) is 0.232. The van der Waals surface area contributed by atoms with E-state index in [1.807, 2.05) is 31.2 Å². The van der Waals surface area contributed by atoms with Crippen LogP contribution in [0.2, 0.25) is 0 Å². The van der Waals surface area contributed by atoms with Gasteiger partial charge in [0, 0.05) is 41.4 Å². The fourth-order valence-corrected chi connectivity index (χ4v) is 4.47. The van der Waals surface area contributed by atoms with Gasteiger partial charge < -0.3 is 5.32 Å². The Bertz CT molecular complexity index is 1150. The van der Waals surface area contributed by atoms with Gasteiger partial charge in [0.2, 0.25) is 5.91 Å². The average molecular weight is 518 g/mol. The minimum absolute atomic E-state index is 0.0350. The Labute approximate surface area is 199 Å². The second kappa shape index (κ2) is 11.4. The highest BCUT2D eigenvalue weighted by Crippen LogP contribution is 2.19. The van der Waals surface area contributed by atoms with E-state index in [0.29, 0.717) is 30.0 Å². The number of carbonyl (C=O) groups is 1. The zero-order valence-electron chi connectivity index (χ0n) is 18.0. The number of aromatic nitrogens is 2. The number of hydrogen-bond donors (Lipinski definition) is 1. The molecule has 0 radical (unpaired) electrons. The fourth-order valence-electron chi connectivity index (χ4n) is 3.20. The van der Waals surface area contributed by atoms with Crippen molar-refractivity contribution in [2.24, 2.45) is 7.05 Å². The van der Waals surface area contributed by atoms with Crippen LogP contribution >= 0.6 is 27.7 Å². The van der Waals surface area contributed by atoms with Crippen LogP contribution in [0.1, 0.15) is 36.1 Å². The van der Waals surface area contributed by atoms with Crippen molar-refractivity contribution in [2.75, 3.05) is 11.1 Å². The standard InChI is InChI=1S/C24H25BrFN3O2S/c1-16-19(15-17-10-12-18(25)13-11-17)23(31)29(2)24(27-16)32-14-6-5-9-22(30)28-21-8-4-3-7-20(21)26/h3-4,7-8,10-13H,5-6,9,14-15H2,1-2H3,(H,28,30). The first kappa shape index (κ1) is 24.2. The number of aryl methyl sites for hydroxylation is 1. The summed E-state index contributed by atoms with van der Waals surface area (Å²) in [5.41, 5.74) is 2.66. The maximum absolute atomic E-state index is 13.6. The number of halogens is 2. The molecule has 0 aliphatic carbocycles. The van der Waals surface area contributed by atoms with E-state index in [4.69, 9.17) is 0 Å². The Morgan fingerprint density at radius 2 is 1.88 bits per heavy atom. The average Bonchev–Trinajstić information content (AvgIpc) is 2.77. The number of rotatable bonds is 9. The minimum Gasteiger partial charge on any atom is -0.324 e. The lowest BCUT2D eigenvalue weighted by molar-refractivity contribution is -0.116. The molecule has 0 fully saturated rings. The molecule has 1 aromatic heterocycles. The first-order chi connectivity index (χ1) is 15.3. The Kier molecular flexibility index (Phi) is 8.64. The minimum atomic E-state index is -0.442. The molecule has 0 aliphatic heterocycles. The van der Waals surface area contributed by atoms with Crippen LogP contribution in [0.3, 0.4) is 0 Å². The summed E-state index contributed by atoms with van der Waals surface area (Å²) < 4.78 is 16.2. The summed E-state index contributed by atoms with van der Waals surface area (Å²) in [7, 11) is 1.74. The van der Waals surface area contributed by atoms with Gasteiger partial charge in [0.1, 0.15) is 5.82 Å². The van der Waals surface area contributed by atoms with Crippen molar-refractivity contribution in [1.29, 1.82) is 0 Å². The van der Waals surface area contributed by atoms with Crippen LogP contribution in [0.5, 0.6) is 0 Å². The summed E-state index contributed by atoms with van der Waals surface area (Å²) in [4.78, 5) is 29.5. The Hall–Kier alpha value is -2.45. The third-order valence-electron chi connectivity index (χ3n) is 5.02. The normalized spacial score (nSPS) is 10.9. The molecule has 168 valence electrons. The Morgan fingerprint density at radius 1 is 1.16 bits per heavy atom. The van der Waals surface area contributed by atoms with Gasteiger partial charge in [-0.2, -0.15) is 0 Å². The predicted molar refractivity (Wildman–Crippen MR) is 131 cm³/mol. The van der Waals surface area contributed by atoms with Gasteiger partial charge >= 0.3 is 0 Å². The molecule has 0 bridgehead atoms. The number of carbonyl (C=O) groups excluding carboxylic acids is 1. The van der Waals surface area contributed by atoms with E-state index in [1.54, 1.807) is 23.7 Å². The number of nitrogens with one attached hydrogen (secondary N) is 1. The molecule has 0 atom stereocenters. The predicted octanol–water partition coefficient (Wildman–Crippen LogP) is 5.48. The van der Waals surface area contributed by atoms with Crippen LogP contribution in [0.15, 0.2) is 63.0 Å². The molecule has 3 rings (SSSR count). The highest BCUT2D eigenvalue weighted by molar-refractivity contribution is 9.10. The van der Waals surface area contributed by atoms with Gasteiger partial charge in [-0.05, 0) is 49.6 Å². The van der Waals surface area contributed by atoms with Crippen molar-refractivity contribution < 1.29 is 9.18 Å². The first-order valence-electron chi connectivity index (χ1n) is 10.3. The Morgan fingerprint density at radius 3 is 2.59 bits per heavy atom. The topological polar surface area (TPSA) is 64.0 Å². The number of benzene rings is 2. The second-order valence-corrected chi connectivity index (χ2v) is 9.44. The largest absolute Gasteiger partial charge is 0.324 e. The number of unbranched alkanes of at least 4 members (excludes halogenated alkanes) is 1. The van der Waals surface area contributed by atoms with Crippen LogP contribution in [0.4, 0.5) is 10.1 Å². The van der Waals surface area contributed by atoms with Crippen molar-refractivity contribution in [3.63, 3.8) is 0 Å². The van der Waals surface area contributed by atoms with Crippen molar-refractivity contribution >= 4 is 39.3 Å². The van der Waals surface area contributed by atoms with E-state index in [2.05, 4.69) is 26.2 Å². The first-order valence-corrected chi connectivity index (χ1v) is 12.1. The SMILES string of the molecule is Cc1nc(SCCCCC(=O)Nc2ccccc2F)n(C)c(=O)c1Cc1ccc(Br)cc1. The summed E-state index contributed by atoms with van der Waals surface area (Å²) in [6, 6.07) is 14.0. The molecule has 32 heavy (non-hydrogen) atoms. The van der Waals surface area contributed by atoms with E-state index < -0.39 is 5.82 Å². The van der Waals surface area contributed by atoms with Crippen molar-refractivity contribution in [3.05, 3.63) is 86.0 Å². The van der Waals surface area contributed by atoms with Gasteiger partial charge in [0.15, 0.2) is 5.16 Å². The van der Waals surface area contributed by atoms with E-state index >= 15 is 0 Å². The van der Waals surface area contributed by atoms with Crippen LogP contribution in [-0.4, -0.2) is 21.2 Å². The fraction of sp³-hybridized carbons (Fsp3) is 0.292. The summed E-state index contributed by atoms with van der Waals surface area (Å²) in [6.07, 6.45) is 2.31. The summed E-state index contributed by atoms with van der Waals surface area (Å²) >= 11 is 4.93. The van der Waals surface area contributed by atoms with E-state index in [-0.39, 0.29) is 17.2 Å². The summed E-state index contributed by atoms with van der Waals surface area (Å²) in [5.74, 6) is 0.0831. The van der Waals surface area contributed by atoms with Gasteiger partial charge in [0.25, 0.3) is 5.56 Å². The Balaban J connectivity index is 1.51. The van der Waals surface area contributed by atoms with E-state index in [1.165, 1.54) is 23.9 Å². The molecule has 0 spiro atoms. The van der Waals surface area contributed by atoms with Gasteiger partial charge in [-0.3, -0.25) is 14.2 Å². The molecule has 2 aromatic carbocycles. The molecule has 1 amide bonds. The van der Waals surface area contributed by atoms with Gasteiger partial charge in [-0.1, -0.05) is 52.0 Å². The molecule has 0 unspecified atom stereocenters. The number of hydrogen-bond acceptors (Lipinski definition) is 4. The van der Waals surface area contributed by atoms with Gasteiger partial charge in [-0.25, -0.2) is 9.37 Å². The van der Waals surface area contributed by atoms with Crippen molar-refractivity contribution in [1.82, 2.24) is 9.55 Å². The number of nitrogens with zero attached hydrogens (tertiary/aromatic N) is 2. The number of amides is 1. The lowest BCUT2D eigenvalue weighted by Crippen LogP contribution is -2.25. The van der Waals surface area contributed by atoms with Crippen LogP contribution in [-0.2, 0) is 18.3 Å². The monoisotopic (exact) mass is 517 g/mol. The smallest absolute Gasteiger partial charge is 0.257 e. The lowest BCUT2D eigenvalue weighted by atomic mass is 10.1. The highest BCUT2D eigenvalue weighted by atomic mass is 79.9. The second-order valence-electron chi connectivity index (χ2n) is 7.46. The van der Waals surface area contributed by atoms with Crippen LogP contribution < -0.4 is 10.9 Å². The van der Waals surface area contributed by atoms with Crippen LogP contribution in [0.25, 0.3) is 0 Å². The maximum Gasteiger partial charge on any atom is 0.257 e.